The molecule has 1 aliphatic rings. The number of carbonyl (C=O) groups excluding carboxylic acids is 1. The highest BCUT2D eigenvalue weighted by Crippen LogP contribution is 2.31. The van der Waals surface area contributed by atoms with Crippen LogP contribution in [0.3, 0.4) is 0 Å². The van der Waals surface area contributed by atoms with Crippen molar-refractivity contribution in [1.82, 2.24) is 20.6 Å². The Balaban J connectivity index is 1.78. The van der Waals surface area contributed by atoms with Gasteiger partial charge in [-0.3, -0.25) is 0 Å². The molecule has 2 rings (SSSR count). The van der Waals surface area contributed by atoms with Crippen LogP contribution in [0.5, 0.6) is 0 Å². The number of H-pyrrole nitrogens is 1. The summed E-state index contributed by atoms with van der Waals surface area (Å²) in [6.45, 7) is 7.01. The average molecular weight is 280 g/mol. The van der Waals surface area contributed by atoms with Gasteiger partial charge < -0.3 is 20.4 Å². The smallest absolute Gasteiger partial charge is 0.408 e. The number of amides is 1. The first-order chi connectivity index (χ1) is 9.39. The van der Waals surface area contributed by atoms with Crippen molar-refractivity contribution in [1.29, 1.82) is 0 Å². The summed E-state index contributed by atoms with van der Waals surface area (Å²) in [6.07, 6.45) is 6.30. The molecule has 1 saturated carbocycles. The van der Waals surface area contributed by atoms with E-state index in [2.05, 4.69) is 20.6 Å². The lowest BCUT2D eigenvalue weighted by molar-refractivity contribution is 0.0382. The van der Waals surface area contributed by atoms with Gasteiger partial charge in [-0.15, -0.1) is 0 Å². The summed E-state index contributed by atoms with van der Waals surface area (Å²) in [5, 5.41) is 6.35. The molecule has 112 valence electrons. The van der Waals surface area contributed by atoms with E-state index in [1.807, 2.05) is 20.8 Å². The molecule has 1 fully saturated rings. The van der Waals surface area contributed by atoms with Gasteiger partial charge in [0.15, 0.2) is 0 Å². The third kappa shape index (κ3) is 4.23. The Morgan fingerprint density at radius 2 is 2.25 bits per heavy atom. The zero-order valence-corrected chi connectivity index (χ0v) is 12.5. The molecule has 0 radical (unpaired) electrons. The molecular formula is C14H24N4O2. The summed E-state index contributed by atoms with van der Waals surface area (Å²) in [7, 11) is 0. The van der Waals surface area contributed by atoms with Gasteiger partial charge in [0.05, 0.1) is 12.1 Å². The van der Waals surface area contributed by atoms with E-state index in [0.717, 1.165) is 31.6 Å². The molecule has 6 heteroatoms. The first-order valence-corrected chi connectivity index (χ1v) is 7.09. The van der Waals surface area contributed by atoms with Gasteiger partial charge in [0, 0.05) is 18.9 Å². The van der Waals surface area contributed by atoms with Crippen LogP contribution in [0.2, 0.25) is 0 Å². The summed E-state index contributed by atoms with van der Waals surface area (Å²) >= 11 is 0. The number of rotatable bonds is 5. The summed E-state index contributed by atoms with van der Waals surface area (Å²) in [5.41, 5.74) is -0.633. The van der Waals surface area contributed by atoms with Crippen molar-refractivity contribution in [3.63, 3.8) is 0 Å². The molecule has 0 bridgehead atoms. The van der Waals surface area contributed by atoms with Gasteiger partial charge in [0.1, 0.15) is 11.4 Å². The minimum absolute atomic E-state index is 0.172. The minimum Gasteiger partial charge on any atom is -0.444 e. The van der Waals surface area contributed by atoms with Crippen molar-refractivity contribution < 1.29 is 9.53 Å². The van der Waals surface area contributed by atoms with Crippen LogP contribution < -0.4 is 10.6 Å². The zero-order valence-electron chi connectivity index (χ0n) is 12.5. The molecule has 1 heterocycles. The number of nitrogens with one attached hydrogen (secondary N) is 3. The molecule has 3 N–H and O–H groups in total. The average Bonchev–Trinajstić information content (AvgIpc) is 2.75. The molecule has 1 aromatic heterocycles. The number of hydrogen-bond acceptors (Lipinski definition) is 4. The van der Waals surface area contributed by atoms with E-state index in [0.29, 0.717) is 6.54 Å². The second-order valence-corrected chi connectivity index (χ2v) is 6.40. The Labute approximate surface area is 119 Å². The number of aromatic nitrogens is 2. The van der Waals surface area contributed by atoms with Gasteiger partial charge in [-0.2, -0.15) is 0 Å². The summed E-state index contributed by atoms with van der Waals surface area (Å²) in [4.78, 5) is 19.1. The Hall–Kier alpha value is -1.56. The Kier molecular flexibility index (Phi) is 4.32. The Morgan fingerprint density at radius 1 is 1.50 bits per heavy atom. The fourth-order valence-corrected chi connectivity index (χ4v) is 2.28. The molecule has 20 heavy (non-hydrogen) atoms. The minimum atomic E-state index is -0.462. The number of hydrogen-bond donors (Lipinski definition) is 3. The van der Waals surface area contributed by atoms with Crippen LogP contribution in [0, 0.1) is 0 Å². The first-order valence-electron chi connectivity index (χ1n) is 7.09. The number of alkyl carbamates (subject to hydrolysis) is 1. The van der Waals surface area contributed by atoms with Gasteiger partial charge in [-0.05, 0) is 40.0 Å². The monoisotopic (exact) mass is 280 g/mol. The van der Waals surface area contributed by atoms with Crippen LogP contribution in [0.1, 0.15) is 45.9 Å². The molecule has 6 nitrogen and oxygen atoms in total. The van der Waals surface area contributed by atoms with E-state index < -0.39 is 5.60 Å². The normalized spacial score (nSPS) is 17.4. The highest BCUT2D eigenvalue weighted by Gasteiger charge is 2.39. The molecule has 0 saturated heterocycles. The van der Waals surface area contributed by atoms with Gasteiger partial charge in [-0.25, -0.2) is 9.78 Å². The maximum Gasteiger partial charge on any atom is 0.408 e. The summed E-state index contributed by atoms with van der Waals surface area (Å²) in [6, 6.07) is 0. The van der Waals surface area contributed by atoms with Crippen molar-refractivity contribution in [3.05, 3.63) is 18.2 Å². The van der Waals surface area contributed by atoms with Gasteiger partial charge in [0.2, 0.25) is 0 Å². The number of nitrogens with zero attached hydrogens (tertiary/aromatic N) is 1. The highest BCUT2D eigenvalue weighted by atomic mass is 16.6. The molecule has 1 aliphatic carbocycles. The quantitative estimate of drug-likeness (QED) is 0.770. The van der Waals surface area contributed by atoms with E-state index in [4.69, 9.17) is 4.74 Å². The van der Waals surface area contributed by atoms with Crippen molar-refractivity contribution >= 4 is 6.09 Å². The molecule has 0 aliphatic heterocycles. The highest BCUT2D eigenvalue weighted by molar-refractivity contribution is 5.69. The van der Waals surface area contributed by atoms with E-state index in [1.54, 1.807) is 12.4 Å². The van der Waals surface area contributed by atoms with E-state index in [-0.39, 0.29) is 11.6 Å². The standard InChI is InChI=1S/C14H24N4O2/c1-13(2,3)20-12(19)18-14(5-4-6-14)10-15-9-11-16-7-8-17-11/h7-8,15H,4-6,9-10H2,1-3H3,(H,16,17)(H,18,19). The SMILES string of the molecule is CC(C)(C)OC(=O)NC1(CNCc2ncc[nH]2)CCC1. The van der Waals surface area contributed by atoms with E-state index in [1.165, 1.54) is 0 Å². The van der Waals surface area contributed by atoms with Gasteiger partial charge in [0.25, 0.3) is 0 Å². The largest absolute Gasteiger partial charge is 0.444 e. The third-order valence-corrected chi connectivity index (χ3v) is 3.39. The molecule has 0 atom stereocenters. The second-order valence-electron chi connectivity index (χ2n) is 6.40. The molecular weight excluding hydrogens is 256 g/mol. The van der Waals surface area contributed by atoms with Crippen LogP contribution in [0.25, 0.3) is 0 Å². The lowest BCUT2D eigenvalue weighted by Crippen LogP contribution is -2.59. The van der Waals surface area contributed by atoms with Crippen molar-refractivity contribution in [2.75, 3.05) is 6.54 Å². The zero-order chi connectivity index (χ0) is 14.6. The van der Waals surface area contributed by atoms with Crippen LogP contribution in [-0.2, 0) is 11.3 Å². The molecule has 1 amide bonds. The van der Waals surface area contributed by atoms with Crippen LogP contribution in [0.15, 0.2) is 12.4 Å². The molecule has 0 aromatic carbocycles. The predicted molar refractivity (Wildman–Crippen MR) is 76.2 cm³/mol. The van der Waals surface area contributed by atoms with Crippen LogP contribution in [0.4, 0.5) is 4.79 Å². The molecule has 1 aromatic rings. The Morgan fingerprint density at radius 3 is 2.75 bits per heavy atom. The van der Waals surface area contributed by atoms with Gasteiger partial charge >= 0.3 is 6.09 Å². The number of ether oxygens (including phenoxy) is 1. The fourth-order valence-electron chi connectivity index (χ4n) is 2.28. The van der Waals surface area contributed by atoms with Crippen molar-refractivity contribution in [2.45, 2.75) is 57.7 Å². The van der Waals surface area contributed by atoms with Gasteiger partial charge in [-0.1, -0.05) is 0 Å². The predicted octanol–water partition coefficient (Wildman–Crippen LogP) is 1.95. The summed E-state index contributed by atoms with van der Waals surface area (Å²) in [5.74, 6) is 0.900. The first kappa shape index (κ1) is 14.8. The lowest BCUT2D eigenvalue weighted by atomic mass is 9.76. The maximum atomic E-state index is 11.9. The van der Waals surface area contributed by atoms with E-state index in [9.17, 15) is 4.79 Å². The van der Waals surface area contributed by atoms with Crippen molar-refractivity contribution in [2.24, 2.45) is 0 Å². The molecule has 0 unspecified atom stereocenters. The van der Waals surface area contributed by atoms with Crippen molar-refractivity contribution in [3.8, 4) is 0 Å². The third-order valence-electron chi connectivity index (χ3n) is 3.39. The summed E-state index contributed by atoms with van der Waals surface area (Å²) < 4.78 is 5.32. The van der Waals surface area contributed by atoms with Crippen LogP contribution >= 0.6 is 0 Å². The fraction of sp³-hybridized carbons (Fsp3) is 0.714. The Bertz CT molecular complexity index is 433. The lowest BCUT2D eigenvalue weighted by Gasteiger charge is -2.42. The topological polar surface area (TPSA) is 79.0 Å². The number of aromatic amines is 1. The van der Waals surface area contributed by atoms with Crippen LogP contribution in [-0.4, -0.2) is 33.7 Å². The maximum absolute atomic E-state index is 11.9. The number of imidazole rings is 1. The molecule has 0 spiro atoms. The second kappa shape index (κ2) is 5.83. The number of carbonyl (C=O) groups is 1. The van der Waals surface area contributed by atoms with E-state index >= 15 is 0 Å².